The molecule has 0 bridgehead atoms. The van der Waals surface area contributed by atoms with E-state index in [4.69, 9.17) is 11.6 Å². The fourth-order valence-corrected chi connectivity index (χ4v) is 2.36. The van der Waals surface area contributed by atoms with E-state index in [-0.39, 0.29) is 11.9 Å². The molecule has 1 amide bonds. The number of carbonyl (C=O) groups is 1. The Morgan fingerprint density at radius 3 is 2.81 bits per heavy atom. The van der Waals surface area contributed by atoms with E-state index >= 15 is 0 Å². The number of benzene rings is 1. The third kappa shape index (κ3) is 2.06. The minimum atomic E-state index is -0.835. The molecule has 0 fully saturated rings. The molecular formula is C12H14ClNO2. The zero-order valence-corrected chi connectivity index (χ0v) is 10.0. The van der Waals surface area contributed by atoms with Crippen LogP contribution < -0.4 is 5.32 Å². The predicted molar refractivity (Wildman–Crippen MR) is 62.6 cm³/mol. The number of hydrogen-bond donors (Lipinski definition) is 2. The fraction of sp³-hybridized carbons (Fsp3) is 0.417. The quantitative estimate of drug-likeness (QED) is 0.832. The van der Waals surface area contributed by atoms with Crippen molar-refractivity contribution in [1.82, 2.24) is 5.32 Å². The van der Waals surface area contributed by atoms with Crippen molar-refractivity contribution in [3.63, 3.8) is 0 Å². The minimum absolute atomic E-state index is 0.119. The van der Waals surface area contributed by atoms with Gasteiger partial charge in [-0.3, -0.25) is 4.79 Å². The molecule has 1 unspecified atom stereocenters. The van der Waals surface area contributed by atoms with Crippen molar-refractivity contribution in [3.8, 4) is 0 Å². The van der Waals surface area contributed by atoms with Crippen molar-refractivity contribution in [2.75, 3.05) is 0 Å². The predicted octanol–water partition coefficient (Wildman–Crippen LogP) is 2.29. The standard InChI is InChI=1S/C12H14ClNO2/c1-12(2,16)6-9-10-7(11(15)14-9)4-3-5-8(10)13/h3-5,9,16H,6H2,1-2H3,(H,14,15). The van der Waals surface area contributed by atoms with Gasteiger partial charge in [0.1, 0.15) is 0 Å². The van der Waals surface area contributed by atoms with E-state index < -0.39 is 5.60 Å². The van der Waals surface area contributed by atoms with E-state index in [2.05, 4.69) is 5.32 Å². The van der Waals surface area contributed by atoms with Crippen molar-refractivity contribution in [1.29, 1.82) is 0 Å². The Morgan fingerprint density at radius 2 is 2.19 bits per heavy atom. The topological polar surface area (TPSA) is 49.3 Å². The highest BCUT2D eigenvalue weighted by Crippen LogP contribution is 2.36. The number of hydrogen-bond acceptors (Lipinski definition) is 2. The average Bonchev–Trinajstić information content (AvgIpc) is 2.42. The lowest BCUT2D eigenvalue weighted by Crippen LogP contribution is -2.28. The van der Waals surface area contributed by atoms with Crippen LogP contribution in [0.2, 0.25) is 5.02 Å². The maximum absolute atomic E-state index is 11.7. The van der Waals surface area contributed by atoms with Gasteiger partial charge in [0.05, 0.1) is 11.6 Å². The van der Waals surface area contributed by atoms with Gasteiger partial charge < -0.3 is 10.4 Å². The summed E-state index contributed by atoms with van der Waals surface area (Å²) in [5.74, 6) is -0.119. The lowest BCUT2D eigenvalue weighted by Gasteiger charge is -2.22. The van der Waals surface area contributed by atoms with Gasteiger partial charge in [0.25, 0.3) is 5.91 Å². The smallest absolute Gasteiger partial charge is 0.252 e. The summed E-state index contributed by atoms with van der Waals surface area (Å²) < 4.78 is 0. The first-order valence-electron chi connectivity index (χ1n) is 5.20. The van der Waals surface area contributed by atoms with Crippen molar-refractivity contribution in [3.05, 3.63) is 34.3 Å². The van der Waals surface area contributed by atoms with Crippen molar-refractivity contribution in [2.45, 2.75) is 31.9 Å². The Kier molecular flexibility index (Phi) is 2.68. The first kappa shape index (κ1) is 11.4. The van der Waals surface area contributed by atoms with Gasteiger partial charge in [0.2, 0.25) is 0 Å². The third-order valence-corrected chi connectivity index (χ3v) is 2.98. The first-order valence-corrected chi connectivity index (χ1v) is 5.58. The van der Waals surface area contributed by atoms with Crippen molar-refractivity contribution in [2.24, 2.45) is 0 Å². The van der Waals surface area contributed by atoms with Gasteiger partial charge in [-0.15, -0.1) is 0 Å². The van der Waals surface area contributed by atoms with Crippen LogP contribution >= 0.6 is 11.6 Å². The van der Waals surface area contributed by atoms with Gasteiger partial charge in [-0.05, 0) is 26.0 Å². The monoisotopic (exact) mass is 239 g/mol. The van der Waals surface area contributed by atoms with Crippen LogP contribution in [-0.2, 0) is 0 Å². The summed E-state index contributed by atoms with van der Waals surface area (Å²) in [6.07, 6.45) is 0.454. The highest BCUT2D eigenvalue weighted by Gasteiger charge is 2.33. The summed E-state index contributed by atoms with van der Waals surface area (Å²) in [4.78, 5) is 11.7. The minimum Gasteiger partial charge on any atom is -0.390 e. The van der Waals surface area contributed by atoms with Gasteiger partial charge in [-0.1, -0.05) is 17.7 Å². The highest BCUT2D eigenvalue weighted by molar-refractivity contribution is 6.32. The van der Waals surface area contributed by atoms with Crippen LogP contribution in [0.25, 0.3) is 0 Å². The number of halogens is 1. The molecule has 0 saturated heterocycles. The van der Waals surface area contributed by atoms with Crippen LogP contribution in [0.1, 0.15) is 42.2 Å². The summed E-state index contributed by atoms with van der Waals surface area (Å²) >= 11 is 6.08. The second-order valence-corrected chi connectivity index (χ2v) is 5.15. The Bertz CT molecular complexity index is 437. The lowest BCUT2D eigenvalue weighted by molar-refractivity contribution is 0.0591. The molecule has 3 nitrogen and oxygen atoms in total. The molecule has 4 heteroatoms. The van der Waals surface area contributed by atoms with E-state index in [1.165, 1.54) is 0 Å². The molecule has 1 aliphatic heterocycles. The zero-order chi connectivity index (χ0) is 11.9. The van der Waals surface area contributed by atoms with E-state index in [0.717, 1.165) is 5.56 Å². The number of amides is 1. The fourth-order valence-electron chi connectivity index (χ4n) is 2.05. The maximum atomic E-state index is 11.7. The van der Waals surface area contributed by atoms with E-state index in [1.807, 2.05) is 0 Å². The van der Waals surface area contributed by atoms with E-state index in [1.54, 1.807) is 32.0 Å². The lowest BCUT2D eigenvalue weighted by atomic mass is 9.94. The molecule has 2 rings (SSSR count). The first-order chi connectivity index (χ1) is 7.38. The van der Waals surface area contributed by atoms with Crippen LogP contribution in [0, 0.1) is 0 Å². The van der Waals surface area contributed by atoms with Gasteiger partial charge in [-0.2, -0.15) is 0 Å². The molecule has 1 aromatic rings. The summed E-state index contributed by atoms with van der Waals surface area (Å²) in [5, 5.41) is 13.2. The van der Waals surface area contributed by atoms with Gasteiger partial charge in [-0.25, -0.2) is 0 Å². The van der Waals surface area contributed by atoms with Crippen LogP contribution in [0.3, 0.4) is 0 Å². The normalized spacial score (nSPS) is 19.5. The van der Waals surface area contributed by atoms with E-state index in [0.29, 0.717) is 17.0 Å². The van der Waals surface area contributed by atoms with Crippen LogP contribution in [-0.4, -0.2) is 16.6 Å². The maximum Gasteiger partial charge on any atom is 0.252 e. The number of fused-ring (bicyclic) bond motifs is 1. The Balaban J connectivity index is 2.39. The molecule has 16 heavy (non-hydrogen) atoms. The second kappa shape index (κ2) is 3.75. The molecule has 0 spiro atoms. The molecule has 1 aromatic carbocycles. The summed E-state index contributed by atoms with van der Waals surface area (Å²) in [7, 11) is 0. The molecule has 1 atom stereocenters. The summed E-state index contributed by atoms with van der Waals surface area (Å²) in [6, 6.07) is 5.07. The number of carbonyl (C=O) groups excluding carboxylic acids is 1. The van der Waals surface area contributed by atoms with Crippen LogP contribution in [0.15, 0.2) is 18.2 Å². The molecule has 0 saturated carbocycles. The molecule has 0 aliphatic carbocycles. The molecule has 86 valence electrons. The third-order valence-electron chi connectivity index (χ3n) is 2.65. The van der Waals surface area contributed by atoms with Gasteiger partial charge in [0, 0.05) is 22.6 Å². The number of aliphatic hydroxyl groups is 1. The second-order valence-electron chi connectivity index (χ2n) is 4.74. The largest absolute Gasteiger partial charge is 0.390 e. The van der Waals surface area contributed by atoms with Crippen molar-refractivity contribution < 1.29 is 9.90 Å². The summed E-state index contributed by atoms with van der Waals surface area (Å²) in [6.45, 7) is 3.43. The van der Waals surface area contributed by atoms with Crippen molar-refractivity contribution >= 4 is 17.5 Å². The molecular weight excluding hydrogens is 226 g/mol. The van der Waals surface area contributed by atoms with Crippen LogP contribution in [0.4, 0.5) is 0 Å². The average molecular weight is 240 g/mol. The molecule has 1 aliphatic rings. The SMILES string of the molecule is CC(C)(O)CC1NC(=O)c2cccc(Cl)c21. The zero-order valence-electron chi connectivity index (χ0n) is 9.25. The van der Waals surface area contributed by atoms with Gasteiger partial charge >= 0.3 is 0 Å². The van der Waals surface area contributed by atoms with Gasteiger partial charge in [0.15, 0.2) is 0 Å². The summed E-state index contributed by atoms with van der Waals surface area (Å²) in [5.41, 5.74) is 0.580. The highest BCUT2D eigenvalue weighted by atomic mass is 35.5. The Morgan fingerprint density at radius 1 is 1.50 bits per heavy atom. The Labute approximate surface area is 99.4 Å². The molecule has 1 heterocycles. The Hall–Kier alpha value is -1.06. The molecule has 0 aromatic heterocycles. The number of rotatable bonds is 2. The van der Waals surface area contributed by atoms with Crippen LogP contribution in [0.5, 0.6) is 0 Å². The number of nitrogens with one attached hydrogen (secondary N) is 1. The molecule has 0 radical (unpaired) electrons. The molecule has 2 N–H and O–H groups in total. The van der Waals surface area contributed by atoms with E-state index in [9.17, 15) is 9.90 Å².